The van der Waals surface area contributed by atoms with Crippen molar-refractivity contribution >= 4 is 17.2 Å². The van der Waals surface area contributed by atoms with Crippen molar-refractivity contribution in [1.82, 2.24) is 0 Å². The second-order valence-electron chi connectivity index (χ2n) is 3.65. The number of halogens is 4. The Labute approximate surface area is 112 Å². The third-order valence-electron chi connectivity index (χ3n) is 1.99. The predicted molar refractivity (Wildman–Crippen MR) is 60.6 cm³/mol. The lowest BCUT2D eigenvalue weighted by Gasteiger charge is -2.13. The van der Waals surface area contributed by atoms with Gasteiger partial charge in [0.1, 0.15) is 11.6 Å². The third-order valence-corrected chi connectivity index (χ3v) is 2.95. The molecule has 0 heterocycles. The van der Waals surface area contributed by atoms with Crippen LogP contribution >= 0.6 is 0 Å². The zero-order valence-corrected chi connectivity index (χ0v) is 10.8. The van der Waals surface area contributed by atoms with Gasteiger partial charge < -0.3 is 13.9 Å². The fourth-order valence-electron chi connectivity index (χ4n) is 1.12. The number of rotatable bonds is 5. The van der Waals surface area contributed by atoms with Crippen molar-refractivity contribution in [2.75, 3.05) is 0 Å². The second kappa shape index (κ2) is 5.98. The van der Waals surface area contributed by atoms with Crippen LogP contribution in [-0.4, -0.2) is 26.1 Å². The molecule has 1 aromatic carbocycles. The average molecular weight is 316 g/mol. The minimum atomic E-state index is -5.87. The van der Waals surface area contributed by atoms with E-state index in [9.17, 15) is 26.0 Å². The molecule has 0 bridgehead atoms. The Morgan fingerprint density at radius 3 is 2.45 bits per heavy atom. The van der Waals surface area contributed by atoms with Gasteiger partial charge in [0.2, 0.25) is 0 Å². The molecule has 0 aromatic heterocycles. The highest BCUT2D eigenvalue weighted by atomic mass is 32.2. The molecule has 0 saturated heterocycles. The van der Waals surface area contributed by atoms with E-state index in [1.54, 1.807) is 0 Å². The molecule has 0 aliphatic heterocycles. The van der Waals surface area contributed by atoms with Crippen molar-refractivity contribution in [2.24, 2.45) is 0 Å². The molecule has 20 heavy (non-hydrogen) atoms. The highest BCUT2D eigenvalue weighted by Gasteiger charge is 2.48. The van der Waals surface area contributed by atoms with Gasteiger partial charge in [0.15, 0.2) is 0 Å². The standard InChI is InChI=1S/C9H9BF4O5S/c1-10(15)18-5-6-4-7(11)2-3-8(6)19-20(16,17)9(12,13)14/h2-4,15H,5H2,1H3. The lowest BCUT2D eigenvalue weighted by Crippen LogP contribution is -2.28. The van der Waals surface area contributed by atoms with Crippen LogP contribution in [0.1, 0.15) is 5.56 Å². The van der Waals surface area contributed by atoms with E-state index in [2.05, 4.69) is 8.84 Å². The van der Waals surface area contributed by atoms with Crippen LogP contribution in [0.25, 0.3) is 0 Å². The minimum Gasteiger partial charge on any atom is -0.427 e. The van der Waals surface area contributed by atoms with Gasteiger partial charge >= 0.3 is 22.7 Å². The van der Waals surface area contributed by atoms with E-state index < -0.39 is 40.9 Å². The maximum Gasteiger partial charge on any atom is 0.534 e. The number of hydrogen-bond acceptors (Lipinski definition) is 5. The smallest absolute Gasteiger partial charge is 0.427 e. The Bertz CT molecular complexity index is 572. The molecule has 1 aromatic rings. The average Bonchev–Trinajstić information content (AvgIpc) is 2.27. The Balaban J connectivity index is 3.06. The molecular formula is C9H9BF4O5S. The van der Waals surface area contributed by atoms with Crippen molar-refractivity contribution in [3.05, 3.63) is 29.6 Å². The Morgan fingerprint density at radius 2 is 1.95 bits per heavy atom. The zero-order valence-electron chi connectivity index (χ0n) is 10.0. The predicted octanol–water partition coefficient (Wildman–Crippen LogP) is 1.68. The summed E-state index contributed by atoms with van der Waals surface area (Å²) < 4.78 is 79.8. The highest BCUT2D eigenvalue weighted by molar-refractivity contribution is 7.88. The highest BCUT2D eigenvalue weighted by Crippen LogP contribution is 2.29. The topological polar surface area (TPSA) is 72.8 Å². The second-order valence-corrected chi connectivity index (χ2v) is 5.18. The van der Waals surface area contributed by atoms with Gasteiger partial charge in [0.05, 0.1) is 6.61 Å². The van der Waals surface area contributed by atoms with E-state index in [0.717, 1.165) is 18.2 Å². The lowest BCUT2D eigenvalue weighted by atomic mass is 9.96. The molecule has 0 radical (unpaired) electrons. The van der Waals surface area contributed by atoms with Gasteiger partial charge in [-0.1, -0.05) is 0 Å². The minimum absolute atomic E-state index is 0.293. The van der Waals surface area contributed by atoms with Crippen LogP contribution in [0.4, 0.5) is 17.6 Å². The van der Waals surface area contributed by atoms with Crippen LogP contribution in [0.2, 0.25) is 6.82 Å². The molecule has 0 unspecified atom stereocenters. The fourth-order valence-corrected chi connectivity index (χ4v) is 1.61. The first-order chi connectivity index (χ1) is 9.03. The van der Waals surface area contributed by atoms with Gasteiger partial charge in [-0.05, 0) is 25.0 Å². The summed E-state index contributed by atoms with van der Waals surface area (Å²) >= 11 is 0. The van der Waals surface area contributed by atoms with Crippen LogP contribution in [0, 0.1) is 5.82 Å². The Hall–Kier alpha value is -1.33. The van der Waals surface area contributed by atoms with E-state index in [1.807, 2.05) is 0 Å². The summed E-state index contributed by atoms with van der Waals surface area (Å²) in [6, 6.07) is 2.19. The zero-order chi connectivity index (χ0) is 15.6. The third kappa shape index (κ3) is 4.35. The first kappa shape index (κ1) is 16.7. The van der Waals surface area contributed by atoms with Crippen molar-refractivity contribution in [2.45, 2.75) is 18.9 Å². The molecule has 0 aliphatic rings. The number of hydrogen-bond donors (Lipinski definition) is 1. The van der Waals surface area contributed by atoms with Crippen LogP contribution in [-0.2, 0) is 21.4 Å². The molecule has 0 amide bonds. The molecule has 0 saturated carbocycles. The Morgan fingerprint density at radius 1 is 1.35 bits per heavy atom. The van der Waals surface area contributed by atoms with Gasteiger partial charge in [-0.25, -0.2) is 4.39 Å². The molecule has 5 nitrogen and oxygen atoms in total. The van der Waals surface area contributed by atoms with Crippen LogP contribution in [0.3, 0.4) is 0 Å². The maximum absolute atomic E-state index is 13.0. The number of alkyl halides is 3. The van der Waals surface area contributed by atoms with E-state index in [-0.39, 0.29) is 5.56 Å². The van der Waals surface area contributed by atoms with Crippen LogP contribution < -0.4 is 4.18 Å². The molecule has 112 valence electrons. The molecule has 1 rings (SSSR count). The summed E-state index contributed by atoms with van der Waals surface area (Å²) in [4.78, 5) is 0. The van der Waals surface area contributed by atoms with Crippen molar-refractivity contribution in [3.8, 4) is 5.75 Å². The first-order valence-electron chi connectivity index (χ1n) is 5.12. The summed E-state index contributed by atoms with van der Waals surface area (Å²) in [7, 11) is -7.14. The van der Waals surface area contributed by atoms with E-state index in [4.69, 9.17) is 5.02 Å². The lowest BCUT2D eigenvalue weighted by molar-refractivity contribution is -0.0500. The van der Waals surface area contributed by atoms with Gasteiger partial charge in [-0.2, -0.15) is 21.6 Å². The largest absolute Gasteiger partial charge is 0.534 e. The van der Waals surface area contributed by atoms with Crippen molar-refractivity contribution < 1.29 is 39.8 Å². The molecule has 0 spiro atoms. The number of benzene rings is 1. The molecule has 0 atom stereocenters. The summed E-state index contributed by atoms with van der Waals surface area (Å²) in [5.41, 5.74) is -5.90. The normalized spacial score (nSPS) is 12.3. The monoisotopic (exact) mass is 316 g/mol. The van der Waals surface area contributed by atoms with Gasteiger partial charge in [0.25, 0.3) is 0 Å². The summed E-state index contributed by atoms with van der Waals surface area (Å²) in [5.74, 6) is -1.56. The molecular weight excluding hydrogens is 307 g/mol. The SMILES string of the molecule is CB(O)OCc1cc(F)ccc1OS(=O)(=O)C(F)(F)F. The van der Waals surface area contributed by atoms with Gasteiger partial charge in [0, 0.05) is 5.56 Å². The summed E-state index contributed by atoms with van der Waals surface area (Å²) in [5, 5.41) is 8.88. The first-order valence-corrected chi connectivity index (χ1v) is 6.52. The molecule has 1 N–H and O–H groups in total. The van der Waals surface area contributed by atoms with Crippen LogP contribution in [0.5, 0.6) is 5.75 Å². The van der Waals surface area contributed by atoms with Gasteiger partial charge in [-0.15, -0.1) is 0 Å². The summed E-state index contributed by atoms with van der Waals surface area (Å²) in [6.45, 7) is 0.685. The van der Waals surface area contributed by atoms with Crippen molar-refractivity contribution in [1.29, 1.82) is 0 Å². The molecule has 0 fully saturated rings. The molecule has 0 aliphatic carbocycles. The van der Waals surface area contributed by atoms with E-state index >= 15 is 0 Å². The van der Waals surface area contributed by atoms with E-state index in [1.165, 1.54) is 6.82 Å². The van der Waals surface area contributed by atoms with Crippen LogP contribution in [0.15, 0.2) is 18.2 Å². The van der Waals surface area contributed by atoms with E-state index in [0.29, 0.717) is 0 Å². The molecule has 11 heteroatoms. The quantitative estimate of drug-likeness (QED) is 0.387. The Kier molecular flexibility index (Phi) is 5.00. The van der Waals surface area contributed by atoms with Gasteiger partial charge in [-0.3, -0.25) is 0 Å². The summed E-state index contributed by atoms with van der Waals surface area (Å²) in [6.07, 6.45) is 0. The van der Waals surface area contributed by atoms with Crippen molar-refractivity contribution in [3.63, 3.8) is 0 Å². The fraction of sp³-hybridized carbons (Fsp3) is 0.333. The maximum atomic E-state index is 13.0.